The summed E-state index contributed by atoms with van der Waals surface area (Å²) in [5, 5.41) is 4.88. The zero-order valence-corrected chi connectivity index (χ0v) is 13.9. The van der Waals surface area contributed by atoms with Gasteiger partial charge in [0.25, 0.3) is 0 Å². The van der Waals surface area contributed by atoms with E-state index in [2.05, 4.69) is 10.6 Å². The van der Waals surface area contributed by atoms with Crippen molar-refractivity contribution in [3.63, 3.8) is 0 Å². The van der Waals surface area contributed by atoms with Crippen LogP contribution in [0.2, 0.25) is 0 Å². The molecule has 1 aliphatic carbocycles. The third-order valence-electron chi connectivity index (χ3n) is 4.47. The summed E-state index contributed by atoms with van der Waals surface area (Å²) in [6.45, 7) is -0.713. The first-order valence-corrected chi connectivity index (χ1v) is 8.28. The Kier molecular flexibility index (Phi) is 5.11. The number of hydrogen-bond acceptors (Lipinski definition) is 4. The second-order valence-corrected chi connectivity index (χ2v) is 6.25. The highest BCUT2D eigenvalue weighted by Crippen LogP contribution is 2.34. The number of rotatable bonds is 5. The molecular weight excluding hydrogens is 341 g/mol. The monoisotopic (exact) mass is 359 g/mol. The molecule has 4 amide bonds. The van der Waals surface area contributed by atoms with Crippen LogP contribution in [0.15, 0.2) is 36.4 Å². The fourth-order valence-electron chi connectivity index (χ4n) is 3.14. The van der Waals surface area contributed by atoms with E-state index in [0.717, 1.165) is 4.90 Å². The van der Waals surface area contributed by atoms with E-state index in [1.807, 2.05) is 12.2 Å². The van der Waals surface area contributed by atoms with Gasteiger partial charge in [-0.2, -0.15) is 0 Å². The van der Waals surface area contributed by atoms with Crippen molar-refractivity contribution >= 4 is 29.3 Å². The summed E-state index contributed by atoms with van der Waals surface area (Å²) in [5.74, 6) is -2.96. The molecule has 1 heterocycles. The second-order valence-electron chi connectivity index (χ2n) is 6.25. The van der Waals surface area contributed by atoms with Gasteiger partial charge >= 0.3 is 0 Å². The maximum Gasteiger partial charge on any atom is 0.243 e. The number of carbonyl (C=O) groups excluding carboxylic acids is 4. The molecule has 0 aromatic heterocycles. The molecule has 0 unspecified atom stereocenters. The summed E-state index contributed by atoms with van der Waals surface area (Å²) >= 11 is 0. The van der Waals surface area contributed by atoms with Crippen molar-refractivity contribution in [3.05, 3.63) is 42.2 Å². The van der Waals surface area contributed by atoms with Gasteiger partial charge in [-0.05, 0) is 37.1 Å². The molecule has 136 valence electrons. The van der Waals surface area contributed by atoms with Crippen molar-refractivity contribution in [1.29, 1.82) is 0 Å². The average molecular weight is 359 g/mol. The molecule has 1 aromatic rings. The van der Waals surface area contributed by atoms with Crippen molar-refractivity contribution in [2.24, 2.45) is 11.8 Å². The smallest absolute Gasteiger partial charge is 0.243 e. The van der Waals surface area contributed by atoms with E-state index >= 15 is 0 Å². The molecule has 0 bridgehead atoms. The lowest BCUT2D eigenvalue weighted by atomic mass is 9.85. The quantitative estimate of drug-likeness (QED) is 0.601. The van der Waals surface area contributed by atoms with Gasteiger partial charge in [-0.15, -0.1) is 0 Å². The van der Waals surface area contributed by atoms with Crippen LogP contribution in [0, 0.1) is 17.7 Å². The largest absolute Gasteiger partial charge is 0.345 e. The number of fused-ring (bicyclic) bond motifs is 1. The topological polar surface area (TPSA) is 95.6 Å². The van der Waals surface area contributed by atoms with Crippen LogP contribution in [-0.2, 0) is 19.2 Å². The summed E-state index contributed by atoms with van der Waals surface area (Å²) in [7, 11) is 0. The lowest BCUT2D eigenvalue weighted by molar-refractivity contribution is -0.143. The number of amides is 4. The molecule has 2 atom stereocenters. The lowest BCUT2D eigenvalue weighted by Gasteiger charge is -2.14. The highest BCUT2D eigenvalue weighted by molar-refractivity contribution is 6.07. The number of nitrogens with zero attached hydrogens (tertiary/aromatic N) is 1. The van der Waals surface area contributed by atoms with Crippen LogP contribution in [0.3, 0.4) is 0 Å². The Labute approximate surface area is 149 Å². The first-order chi connectivity index (χ1) is 12.5. The average Bonchev–Trinajstić information content (AvgIpc) is 2.87. The van der Waals surface area contributed by atoms with Crippen LogP contribution < -0.4 is 10.6 Å². The Morgan fingerprint density at radius 2 is 1.58 bits per heavy atom. The van der Waals surface area contributed by atoms with E-state index in [4.69, 9.17) is 0 Å². The Hall–Kier alpha value is -3.03. The Morgan fingerprint density at radius 1 is 1.00 bits per heavy atom. The van der Waals surface area contributed by atoms with Crippen molar-refractivity contribution in [1.82, 2.24) is 10.2 Å². The van der Waals surface area contributed by atoms with Gasteiger partial charge in [-0.25, -0.2) is 4.39 Å². The molecule has 3 rings (SSSR count). The SMILES string of the molecule is O=C(CN1C(=O)[C@H]2CC=CC[C@H]2C1=O)NCC(=O)Nc1ccc(F)cc1. The van der Waals surface area contributed by atoms with Gasteiger partial charge in [0, 0.05) is 5.69 Å². The fraction of sp³-hybridized carbons (Fsp3) is 0.333. The van der Waals surface area contributed by atoms with E-state index in [-0.39, 0.29) is 30.2 Å². The number of anilines is 1. The van der Waals surface area contributed by atoms with E-state index in [0.29, 0.717) is 18.5 Å². The van der Waals surface area contributed by atoms with Gasteiger partial charge in [0.1, 0.15) is 12.4 Å². The zero-order chi connectivity index (χ0) is 18.7. The standard InChI is InChI=1S/C18H18FN3O4/c19-11-5-7-12(8-6-11)21-15(23)9-20-16(24)10-22-17(25)13-3-1-2-4-14(13)18(22)26/h1-2,5-8,13-14H,3-4,9-10H2,(H,20,24)(H,21,23)/t13-,14+. The van der Waals surface area contributed by atoms with Crippen LogP contribution in [0.25, 0.3) is 0 Å². The maximum atomic E-state index is 12.8. The number of halogens is 1. The Balaban J connectivity index is 1.48. The molecule has 1 fully saturated rings. The Bertz CT molecular complexity index is 749. The first-order valence-electron chi connectivity index (χ1n) is 8.28. The van der Waals surface area contributed by atoms with Gasteiger partial charge in [0.15, 0.2) is 0 Å². The highest BCUT2D eigenvalue weighted by atomic mass is 19.1. The van der Waals surface area contributed by atoms with E-state index < -0.39 is 24.2 Å². The fourth-order valence-corrected chi connectivity index (χ4v) is 3.14. The zero-order valence-electron chi connectivity index (χ0n) is 13.9. The number of likely N-dealkylation sites (tertiary alicyclic amines) is 1. The molecule has 2 aliphatic rings. The van der Waals surface area contributed by atoms with Gasteiger partial charge in [-0.3, -0.25) is 24.1 Å². The van der Waals surface area contributed by atoms with Crippen molar-refractivity contribution in [2.75, 3.05) is 18.4 Å². The molecule has 1 aliphatic heterocycles. The number of allylic oxidation sites excluding steroid dienone is 2. The molecule has 0 saturated carbocycles. The van der Waals surface area contributed by atoms with Gasteiger partial charge < -0.3 is 10.6 Å². The number of imide groups is 1. The molecule has 0 spiro atoms. The molecule has 8 heteroatoms. The van der Waals surface area contributed by atoms with E-state index in [9.17, 15) is 23.6 Å². The van der Waals surface area contributed by atoms with Gasteiger partial charge in [0.2, 0.25) is 23.6 Å². The van der Waals surface area contributed by atoms with Crippen molar-refractivity contribution in [2.45, 2.75) is 12.8 Å². The number of nitrogens with one attached hydrogen (secondary N) is 2. The van der Waals surface area contributed by atoms with Crippen LogP contribution in [0.5, 0.6) is 0 Å². The number of carbonyl (C=O) groups is 4. The summed E-state index contributed by atoms with van der Waals surface area (Å²) in [4.78, 5) is 49.3. The van der Waals surface area contributed by atoms with Crippen LogP contribution >= 0.6 is 0 Å². The molecule has 0 radical (unpaired) electrons. The minimum Gasteiger partial charge on any atom is -0.345 e. The lowest BCUT2D eigenvalue weighted by Crippen LogP contribution is -2.43. The third kappa shape index (κ3) is 3.79. The predicted molar refractivity (Wildman–Crippen MR) is 90.1 cm³/mol. The predicted octanol–water partition coefficient (Wildman–Crippen LogP) is 0.832. The van der Waals surface area contributed by atoms with Crippen molar-refractivity contribution < 1.29 is 23.6 Å². The van der Waals surface area contributed by atoms with Crippen LogP contribution in [0.1, 0.15) is 12.8 Å². The minimum atomic E-state index is -0.590. The molecule has 1 saturated heterocycles. The second kappa shape index (κ2) is 7.47. The maximum absolute atomic E-state index is 12.8. The van der Waals surface area contributed by atoms with E-state index in [1.54, 1.807) is 0 Å². The normalized spacial score (nSPS) is 21.5. The molecule has 1 aromatic carbocycles. The van der Waals surface area contributed by atoms with Crippen LogP contribution in [0.4, 0.5) is 10.1 Å². The summed E-state index contributed by atoms with van der Waals surface area (Å²) < 4.78 is 12.8. The first kappa shape index (κ1) is 17.8. The molecule has 2 N–H and O–H groups in total. The minimum absolute atomic E-state index is 0.319. The molecule has 7 nitrogen and oxygen atoms in total. The summed E-state index contributed by atoms with van der Waals surface area (Å²) in [6, 6.07) is 5.19. The van der Waals surface area contributed by atoms with Crippen LogP contribution in [-0.4, -0.2) is 41.6 Å². The molecule has 26 heavy (non-hydrogen) atoms. The Morgan fingerprint density at radius 3 is 2.15 bits per heavy atom. The number of hydrogen-bond donors (Lipinski definition) is 2. The molecular formula is C18H18FN3O4. The third-order valence-corrected chi connectivity index (χ3v) is 4.47. The van der Waals surface area contributed by atoms with Gasteiger partial charge in [-0.1, -0.05) is 12.2 Å². The summed E-state index contributed by atoms with van der Waals surface area (Å²) in [5.41, 5.74) is 0.395. The van der Waals surface area contributed by atoms with Gasteiger partial charge in [0.05, 0.1) is 18.4 Å². The highest BCUT2D eigenvalue weighted by Gasteiger charge is 2.47. The number of benzene rings is 1. The van der Waals surface area contributed by atoms with E-state index in [1.165, 1.54) is 24.3 Å². The van der Waals surface area contributed by atoms with Crippen molar-refractivity contribution in [3.8, 4) is 0 Å². The summed E-state index contributed by atoms with van der Waals surface area (Å²) in [6.07, 6.45) is 4.76.